The number of benzene rings is 3. The van der Waals surface area contributed by atoms with E-state index in [-0.39, 0.29) is 44.4 Å². The first-order valence-electron chi connectivity index (χ1n) is 16.5. The molecule has 50 heavy (non-hydrogen) atoms. The van der Waals surface area contributed by atoms with Gasteiger partial charge in [0.2, 0.25) is 0 Å². The van der Waals surface area contributed by atoms with Gasteiger partial charge in [-0.25, -0.2) is 13.6 Å². The van der Waals surface area contributed by atoms with E-state index in [1.807, 2.05) is 51.1 Å². The van der Waals surface area contributed by atoms with E-state index >= 15 is 0 Å². The van der Waals surface area contributed by atoms with Crippen LogP contribution >= 0.6 is 22.9 Å². The topological polar surface area (TPSA) is 90.4 Å². The Balaban J connectivity index is 1.49. The molecule has 0 aliphatic heterocycles. The minimum atomic E-state index is -0.971. The van der Waals surface area contributed by atoms with Crippen LogP contribution in [0.4, 0.5) is 13.6 Å². The number of nitrogens with zero attached hydrogens (tertiary/aromatic N) is 3. The first kappa shape index (κ1) is 37.0. The maximum absolute atomic E-state index is 14.9. The lowest BCUT2D eigenvalue weighted by Gasteiger charge is -2.40. The van der Waals surface area contributed by atoms with E-state index in [2.05, 4.69) is 0 Å². The van der Waals surface area contributed by atoms with Crippen molar-refractivity contribution in [3.63, 3.8) is 0 Å². The van der Waals surface area contributed by atoms with E-state index in [1.165, 1.54) is 9.80 Å². The second-order valence-electron chi connectivity index (χ2n) is 14.0. The number of halogens is 3. The smallest absolute Gasteiger partial charge is 0.407 e. The fourth-order valence-electron chi connectivity index (χ4n) is 6.60. The zero-order chi connectivity index (χ0) is 36.5. The number of fused-ring (bicyclic) bond motifs is 1. The molecule has 1 aliphatic carbocycles. The van der Waals surface area contributed by atoms with Crippen LogP contribution in [0.1, 0.15) is 72.0 Å². The van der Waals surface area contributed by atoms with Crippen molar-refractivity contribution >= 4 is 50.9 Å². The van der Waals surface area contributed by atoms with Gasteiger partial charge in [-0.05, 0) is 99.9 Å². The number of methoxy groups -OCH3 is 1. The van der Waals surface area contributed by atoms with Crippen LogP contribution in [0.3, 0.4) is 0 Å². The van der Waals surface area contributed by atoms with Crippen molar-refractivity contribution in [2.75, 3.05) is 27.7 Å². The summed E-state index contributed by atoms with van der Waals surface area (Å²) in [6.07, 6.45) is 1.60. The summed E-state index contributed by atoms with van der Waals surface area (Å²) in [5.41, 5.74) is 2.43. The van der Waals surface area contributed by atoms with E-state index in [1.54, 1.807) is 38.2 Å². The van der Waals surface area contributed by atoms with Crippen molar-refractivity contribution in [3.05, 3.63) is 87.3 Å². The van der Waals surface area contributed by atoms with Gasteiger partial charge in [0.25, 0.3) is 11.8 Å². The lowest BCUT2D eigenvalue weighted by atomic mass is 9.84. The van der Waals surface area contributed by atoms with Gasteiger partial charge in [-0.2, -0.15) is 0 Å². The molecular formula is C38H42ClF2N3O5S. The van der Waals surface area contributed by atoms with E-state index in [0.717, 1.165) is 34.6 Å². The van der Waals surface area contributed by atoms with Gasteiger partial charge in [-0.1, -0.05) is 29.8 Å². The Morgan fingerprint density at radius 1 is 0.920 bits per heavy atom. The first-order valence-corrected chi connectivity index (χ1v) is 17.7. The number of carbonyl (C=O) groups excluding carboxylic acids is 2. The van der Waals surface area contributed by atoms with Gasteiger partial charge in [0.15, 0.2) is 0 Å². The molecule has 4 aromatic rings. The number of rotatable bonds is 9. The quantitative estimate of drug-likeness (QED) is 0.186. The summed E-state index contributed by atoms with van der Waals surface area (Å²) >= 11 is 7.46. The zero-order valence-electron chi connectivity index (χ0n) is 29.1. The summed E-state index contributed by atoms with van der Waals surface area (Å²) in [4.78, 5) is 43.7. The summed E-state index contributed by atoms with van der Waals surface area (Å²) in [5.74, 6) is -1.25. The van der Waals surface area contributed by atoms with Gasteiger partial charge in [-0.15, -0.1) is 11.3 Å². The molecule has 1 N–H and O–H groups in total. The summed E-state index contributed by atoms with van der Waals surface area (Å²) in [6, 6.07) is 14.7. The van der Waals surface area contributed by atoms with Gasteiger partial charge in [0.1, 0.15) is 22.3 Å². The molecule has 0 radical (unpaired) electrons. The molecule has 0 bridgehead atoms. The monoisotopic (exact) mass is 725 g/mol. The highest BCUT2D eigenvalue weighted by molar-refractivity contribution is 7.21. The molecule has 5 rings (SSSR count). The molecule has 1 heterocycles. The van der Waals surface area contributed by atoms with Crippen molar-refractivity contribution in [1.82, 2.24) is 14.7 Å². The van der Waals surface area contributed by atoms with E-state index in [4.69, 9.17) is 16.3 Å². The average Bonchev–Trinajstić information content (AvgIpc) is 3.44. The molecule has 0 unspecified atom stereocenters. The van der Waals surface area contributed by atoms with Crippen molar-refractivity contribution < 1.29 is 33.0 Å². The molecule has 0 spiro atoms. The number of thiophene rings is 1. The molecule has 3 amide bonds. The van der Waals surface area contributed by atoms with Crippen LogP contribution in [0, 0.1) is 17.6 Å². The molecule has 0 atom stereocenters. The third kappa shape index (κ3) is 7.73. The number of carboxylic acid groups (broad SMARTS) is 1. The maximum atomic E-state index is 14.9. The molecule has 8 nitrogen and oxygen atoms in total. The highest BCUT2D eigenvalue weighted by Crippen LogP contribution is 2.41. The largest absolute Gasteiger partial charge is 0.496 e. The van der Waals surface area contributed by atoms with Gasteiger partial charge in [-0.3, -0.25) is 9.59 Å². The van der Waals surface area contributed by atoms with E-state index < -0.39 is 29.2 Å². The van der Waals surface area contributed by atoms with Crippen LogP contribution in [0.5, 0.6) is 5.75 Å². The van der Waals surface area contributed by atoms with E-state index in [0.29, 0.717) is 49.1 Å². The number of ether oxygens (including phenoxy) is 1. The number of amides is 3. The molecule has 12 heteroatoms. The summed E-state index contributed by atoms with van der Waals surface area (Å²) in [5, 5.41) is 9.62. The van der Waals surface area contributed by atoms with Crippen molar-refractivity contribution in [3.8, 4) is 16.9 Å². The van der Waals surface area contributed by atoms with Gasteiger partial charge < -0.3 is 24.5 Å². The molecule has 266 valence electrons. The summed E-state index contributed by atoms with van der Waals surface area (Å²) < 4.78 is 35.4. The second-order valence-corrected chi connectivity index (χ2v) is 15.4. The first-order chi connectivity index (χ1) is 23.6. The van der Waals surface area contributed by atoms with Gasteiger partial charge >= 0.3 is 6.09 Å². The fourth-order valence-corrected chi connectivity index (χ4v) is 8.10. The molecule has 1 aromatic heterocycles. The lowest BCUT2D eigenvalue weighted by Crippen LogP contribution is -2.48. The van der Waals surface area contributed by atoms with Gasteiger partial charge in [0, 0.05) is 49.9 Å². The minimum absolute atomic E-state index is 0.0197. The normalized spacial score (nSPS) is 16.3. The van der Waals surface area contributed by atoms with E-state index in [9.17, 15) is 28.3 Å². The predicted molar refractivity (Wildman–Crippen MR) is 193 cm³/mol. The summed E-state index contributed by atoms with van der Waals surface area (Å²) in [6.45, 7) is 6.11. The van der Waals surface area contributed by atoms with Crippen molar-refractivity contribution in [2.24, 2.45) is 5.92 Å². The average molecular weight is 726 g/mol. The van der Waals surface area contributed by atoms with Crippen LogP contribution in [-0.4, -0.2) is 77.0 Å². The Hall–Kier alpha value is -4.22. The van der Waals surface area contributed by atoms with Crippen LogP contribution in [0.15, 0.2) is 54.6 Å². The van der Waals surface area contributed by atoms with Crippen LogP contribution in [0.25, 0.3) is 21.2 Å². The minimum Gasteiger partial charge on any atom is -0.496 e. The third-order valence-corrected chi connectivity index (χ3v) is 11.0. The number of hydrogen-bond donors (Lipinski definition) is 1. The van der Waals surface area contributed by atoms with Crippen molar-refractivity contribution in [1.29, 1.82) is 0 Å². The molecular weight excluding hydrogens is 684 g/mol. The second kappa shape index (κ2) is 14.9. The van der Waals surface area contributed by atoms with Crippen molar-refractivity contribution in [2.45, 2.75) is 64.6 Å². The Morgan fingerprint density at radius 2 is 1.54 bits per heavy atom. The SMILES string of the molecule is COc1ccc(-c2ccc(C(=O)N(C)C)cc2)cc1CN(C(=O)c1sc2c(F)ccc(F)c2c1Cl)C1CCC(CN(C(=O)O)C(C)(C)C)CC1. The van der Waals surface area contributed by atoms with Crippen LogP contribution in [-0.2, 0) is 6.54 Å². The third-order valence-electron chi connectivity index (χ3n) is 9.37. The predicted octanol–water partition coefficient (Wildman–Crippen LogP) is 9.19. The molecule has 3 aromatic carbocycles. The zero-order valence-corrected chi connectivity index (χ0v) is 30.6. The van der Waals surface area contributed by atoms with Crippen LogP contribution < -0.4 is 4.74 Å². The molecule has 0 saturated heterocycles. The Bertz CT molecular complexity index is 1900. The highest BCUT2D eigenvalue weighted by atomic mass is 35.5. The molecule has 1 saturated carbocycles. The Morgan fingerprint density at radius 3 is 2.10 bits per heavy atom. The maximum Gasteiger partial charge on any atom is 0.407 e. The summed E-state index contributed by atoms with van der Waals surface area (Å²) in [7, 11) is 4.94. The molecule has 1 fully saturated rings. The Labute approximate surface area is 300 Å². The standard InChI is InChI=1S/C38H42ClF2N3O5S/c1-38(2,3)44(37(47)48)20-22-7-14-27(15-8-22)43(36(46)34-32(39)31-28(40)16-17-29(41)33(31)50-34)21-26-19-25(13-18-30(26)49-6)23-9-11-24(12-10-23)35(45)42(4)5/h9-13,16-19,22,27H,7-8,14-15,20-21H2,1-6H3,(H,47,48). The van der Waals surface area contributed by atoms with Crippen LogP contribution in [0.2, 0.25) is 5.02 Å². The number of carbonyl (C=O) groups is 3. The molecule has 1 aliphatic rings. The Kier molecular flexibility index (Phi) is 11.1. The van der Waals surface area contributed by atoms with Gasteiger partial charge in [0.05, 0.1) is 22.2 Å². The highest BCUT2D eigenvalue weighted by Gasteiger charge is 2.35. The fraction of sp³-hybridized carbons (Fsp3) is 0.395. The lowest BCUT2D eigenvalue weighted by molar-refractivity contribution is 0.0535. The number of hydrogen-bond acceptors (Lipinski definition) is 5.